The van der Waals surface area contributed by atoms with Crippen molar-refractivity contribution in [2.45, 2.75) is 58.0 Å². The second kappa shape index (κ2) is 13.9. The van der Waals surface area contributed by atoms with Gasteiger partial charge in [0.2, 0.25) is 0 Å². The van der Waals surface area contributed by atoms with E-state index in [2.05, 4.69) is 16.8 Å². The topological polar surface area (TPSA) is 62.7 Å². The van der Waals surface area contributed by atoms with E-state index < -0.39 is 12.1 Å². The van der Waals surface area contributed by atoms with Crippen LogP contribution in [0, 0.1) is 11.8 Å². The summed E-state index contributed by atoms with van der Waals surface area (Å²) in [5.74, 6) is 2.65. The van der Waals surface area contributed by atoms with E-state index in [0.717, 1.165) is 49.1 Å². The Kier molecular flexibility index (Phi) is 10.9. The number of ether oxygens (including phenoxy) is 1. The number of likely N-dealkylation sites (tertiary alicyclic amines) is 1. The van der Waals surface area contributed by atoms with Crippen LogP contribution >= 0.6 is 11.8 Å². The molecular formula is C27H39FN2O3S. The van der Waals surface area contributed by atoms with Crippen molar-refractivity contribution >= 4 is 28.6 Å². The van der Waals surface area contributed by atoms with Crippen LogP contribution in [0.25, 0.3) is 10.9 Å². The van der Waals surface area contributed by atoms with Crippen LogP contribution in [0.1, 0.15) is 63.6 Å². The highest BCUT2D eigenvalue weighted by molar-refractivity contribution is 7.99. The fraction of sp³-hybridized carbons (Fsp3) is 0.630. The number of rotatable bonds is 14. The first-order valence-corrected chi connectivity index (χ1v) is 13.8. The molecule has 2 aromatic rings. The molecule has 1 saturated heterocycles. The molecule has 1 aromatic heterocycles. The van der Waals surface area contributed by atoms with E-state index >= 15 is 4.39 Å². The van der Waals surface area contributed by atoms with E-state index in [1.165, 1.54) is 18.6 Å². The molecule has 1 aliphatic heterocycles. The Balaban J connectivity index is 1.56. The van der Waals surface area contributed by atoms with Crippen LogP contribution in [0.5, 0.6) is 5.75 Å². The van der Waals surface area contributed by atoms with Gasteiger partial charge in [-0.05, 0) is 98.4 Å². The lowest BCUT2D eigenvalue weighted by molar-refractivity contribution is -0.139. The van der Waals surface area contributed by atoms with Crippen LogP contribution in [-0.2, 0) is 4.79 Å². The molecular weight excluding hydrogens is 451 g/mol. The van der Waals surface area contributed by atoms with Crippen molar-refractivity contribution in [3.63, 3.8) is 0 Å². The molecule has 34 heavy (non-hydrogen) atoms. The number of benzene rings is 1. The summed E-state index contributed by atoms with van der Waals surface area (Å²) in [6.45, 7) is 5.03. The highest BCUT2D eigenvalue weighted by atomic mass is 32.2. The van der Waals surface area contributed by atoms with Gasteiger partial charge in [-0.25, -0.2) is 4.39 Å². The van der Waals surface area contributed by atoms with E-state index in [-0.39, 0.29) is 18.3 Å². The van der Waals surface area contributed by atoms with Crippen molar-refractivity contribution in [1.29, 1.82) is 0 Å². The number of nitrogens with zero attached hydrogens (tertiary/aromatic N) is 2. The minimum atomic E-state index is -1.11. The van der Waals surface area contributed by atoms with Crippen LogP contribution in [0.2, 0.25) is 0 Å². The summed E-state index contributed by atoms with van der Waals surface area (Å²) < 4.78 is 20.7. The average molecular weight is 491 g/mol. The molecule has 188 valence electrons. The Morgan fingerprint density at radius 1 is 1.29 bits per heavy atom. The first-order valence-electron chi connectivity index (χ1n) is 12.6. The molecule has 0 spiro atoms. The monoisotopic (exact) mass is 490 g/mol. The third-order valence-electron chi connectivity index (χ3n) is 6.93. The van der Waals surface area contributed by atoms with Gasteiger partial charge in [0.15, 0.2) is 0 Å². The Labute approximate surface area is 207 Å². The predicted molar refractivity (Wildman–Crippen MR) is 139 cm³/mol. The standard InChI is InChI=1S/C27H39FN2O3S/c1-3-4-15-34-16-5-13-30-14-11-20(21(19-30)17-27(31)32)6-8-25(28)23-10-12-29-26-9-7-22(33-2)18-24(23)26/h7,9-10,12,18,20-21,25H,3-6,8,11,13-17,19H2,1-2H3,(H,31,32)/t20-,21+,25-/m1/s1. The summed E-state index contributed by atoms with van der Waals surface area (Å²) in [6, 6.07) is 7.28. The van der Waals surface area contributed by atoms with Crippen LogP contribution in [0.15, 0.2) is 30.5 Å². The highest BCUT2D eigenvalue weighted by Gasteiger charge is 2.31. The number of aromatic nitrogens is 1. The van der Waals surface area contributed by atoms with Crippen molar-refractivity contribution in [2.24, 2.45) is 11.8 Å². The molecule has 0 amide bonds. The fourth-order valence-corrected chi connectivity index (χ4v) is 6.03. The van der Waals surface area contributed by atoms with Gasteiger partial charge in [0.25, 0.3) is 0 Å². The first kappa shape index (κ1) is 26.7. The van der Waals surface area contributed by atoms with Gasteiger partial charge in [-0.2, -0.15) is 11.8 Å². The van der Waals surface area contributed by atoms with Crippen molar-refractivity contribution < 1.29 is 19.0 Å². The van der Waals surface area contributed by atoms with Gasteiger partial charge in [0, 0.05) is 24.5 Å². The number of fused-ring (bicyclic) bond motifs is 1. The minimum absolute atomic E-state index is 0.0838. The molecule has 2 heterocycles. The third-order valence-corrected chi connectivity index (χ3v) is 8.08. The Morgan fingerprint density at radius 2 is 2.12 bits per heavy atom. The second-order valence-electron chi connectivity index (χ2n) is 9.35. The normalized spacial score (nSPS) is 19.9. The van der Waals surface area contributed by atoms with Gasteiger partial charge in [-0.15, -0.1) is 0 Å². The van der Waals surface area contributed by atoms with Crippen LogP contribution in [0.3, 0.4) is 0 Å². The number of carboxylic acid groups (broad SMARTS) is 1. The zero-order valence-corrected chi connectivity index (χ0v) is 21.4. The third kappa shape index (κ3) is 7.84. The molecule has 1 aromatic carbocycles. The Bertz CT molecular complexity index is 913. The molecule has 5 nitrogen and oxygen atoms in total. The van der Waals surface area contributed by atoms with Crippen molar-refractivity contribution in [2.75, 3.05) is 38.2 Å². The number of hydrogen-bond donors (Lipinski definition) is 1. The van der Waals surface area contributed by atoms with Crippen LogP contribution in [-0.4, -0.2) is 59.2 Å². The van der Waals surface area contributed by atoms with E-state index in [1.807, 2.05) is 30.0 Å². The number of hydrogen-bond acceptors (Lipinski definition) is 5. The van der Waals surface area contributed by atoms with Gasteiger partial charge < -0.3 is 14.7 Å². The smallest absolute Gasteiger partial charge is 0.303 e. The van der Waals surface area contributed by atoms with E-state index in [0.29, 0.717) is 24.2 Å². The Hall–Kier alpha value is -1.86. The number of pyridine rings is 1. The summed E-state index contributed by atoms with van der Waals surface area (Å²) in [5.41, 5.74) is 1.39. The molecule has 0 radical (unpaired) electrons. The number of piperidine rings is 1. The minimum Gasteiger partial charge on any atom is -0.497 e. The number of carbonyl (C=O) groups is 1. The molecule has 1 N–H and O–H groups in total. The quantitative estimate of drug-likeness (QED) is 0.311. The molecule has 0 unspecified atom stereocenters. The van der Waals surface area contributed by atoms with Crippen molar-refractivity contribution in [3.05, 3.63) is 36.0 Å². The Morgan fingerprint density at radius 3 is 2.88 bits per heavy atom. The second-order valence-corrected chi connectivity index (χ2v) is 10.6. The lowest BCUT2D eigenvalue weighted by Gasteiger charge is -2.38. The first-order chi connectivity index (χ1) is 16.5. The van der Waals surface area contributed by atoms with Gasteiger partial charge in [-0.3, -0.25) is 9.78 Å². The molecule has 1 aliphatic rings. The number of unbranched alkanes of at least 4 members (excludes halogenated alkanes) is 1. The summed E-state index contributed by atoms with van der Waals surface area (Å²) in [7, 11) is 1.60. The maximum Gasteiger partial charge on any atom is 0.303 e. The average Bonchev–Trinajstić information content (AvgIpc) is 2.84. The van der Waals surface area contributed by atoms with E-state index in [4.69, 9.17) is 4.74 Å². The van der Waals surface area contributed by atoms with E-state index in [9.17, 15) is 9.90 Å². The number of aliphatic carboxylic acids is 1. The lowest BCUT2D eigenvalue weighted by atomic mass is 9.79. The number of alkyl halides is 1. The highest BCUT2D eigenvalue weighted by Crippen LogP contribution is 2.36. The molecule has 0 aliphatic carbocycles. The summed E-state index contributed by atoms with van der Waals surface area (Å²) in [4.78, 5) is 18.3. The number of halogens is 1. The molecule has 3 rings (SSSR count). The van der Waals surface area contributed by atoms with Crippen LogP contribution in [0.4, 0.5) is 4.39 Å². The van der Waals surface area contributed by atoms with Gasteiger partial charge in [-0.1, -0.05) is 13.3 Å². The van der Waals surface area contributed by atoms with Gasteiger partial charge in [0.05, 0.1) is 12.6 Å². The zero-order valence-electron chi connectivity index (χ0n) is 20.5. The largest absolute Gasteiger partial charge is 0.497 e. The maximum absolute atomic E-state index is 15.4. The zero-order chi connectivity index (χ0) is 24.3. The lowest BCUT2D eigenvalue weighted by Crippen LogP contribution is -2.42. The number of methoxy groups -OCH3 is 1. The SMILES string of the molecule is CCCCSCCCN1CC[C@@H](CC[C@@H](F)c2ccnc3ccc(OC)cc23)[C@@H](CC(=O)O)C1. The molecule has 1 fully saturated rings. The maximum atomic E-state index is 15.4. The van der Waals surface area contributed by atoms with Crippen molar-refractivity contribution in [1.82, 2.24) is 9.88 Å². The molecule has 0 saturated carbocycles. The molecule has 7 heteroatoms. The fourth-order valence-electron chi connectivity index (χ4n) is 5.00. The summed E-state index contributed by atoms with van der Waals surface area (Å²) >= 11 is 2.02. The summed E-state index contributed by atoms with van der Waals surface area (Å²) in [6.07, 6.45) is 6.40. The molecule has 0 bridgehead atoms. The summed E-state index contributed by atoms with van der Waals surface area (Å²) in [5, 5.41) is 10.3. The van der Waals surface area contributed by atoms with Crippen LogP contribution < -0.4 is 4.74 Å². The van der Waals surface area contributed by atoms with Gasteiger partial charge >= 0.3 is 5.97 Å². The van der Waals surface area contributed by atoms with Gasteiger partial charge in [0.1, 0.15) is 11.9 Å². The van der Waals surface area contributed by atoms with E-state index in [1.54, 1.807) is 19.4 Å². The predicted octanol–water partition coefficient (Wildman–Crippen LogP) is 6.37. The number of thioether (sulfide) groups is 1. The van der Waals surface area contributed by atoms with Crippen molar-refractivity contribution in [3.8, 4) is 5.75 Å². The molecule has 3 atom stereocenters. The number of carboxylic acids is 1.